The van der Waals surface area contributed by atoms with Crippen molar-refractivity contribution in [1.29, 1.82) is 0 Å². The van der Waals surface area contributed by atoms with Crippen molar-refractivity contribution >= 4 is 11.6 Å². The third-order valence-corrected chi connectivity index (χ3v) is 6.02. The molecule has 2 unspecified atom stereocenters. The summed E-state index contributed by atoms with van der Waals surface area (Å²) in [5, 5.41) is 11.0. The lowest BCUT2D eigenvalue weighted by Crippen LogP contribution is -2.43. The minimum absolute atomic E-state index is 0.208. The fraction of sp³-hybridized carbons (Fsp3) is 0.739. The third kappa shape index (κ3) is 8.01. The van der Waals surface area contributed by atoms with Crippen LogP contribution in [-0.4, -0.2) is 42.4 Å². The van der Waals surface area contributed by atoms with Gasteiger partial charge in [-0.1, -0.05) is 70.0 Å². The van der Waals surface area contributed by atoms with E-state index in [2.05, 4.69) is 24.8 Å². The Morgan fingerprint density at radius 3 is 2.56 bits per heavy atom. The molecule has 1 aromatic carbocycles. The molecule has 0 radical (unpaired) electrons. The number of benzene rings is 1. The van der Waals surface area contributed by atoms with Crippen LogP contribution in [0.1, 0.15) is 70.8 Å². The van der Waals surface area contributed by atoms with Crippen molar-refractivity contribution in [2.45, 2.75) is 77.7 Å². The maximum absolute atomic E-state index is 10.3. The molecule has 4 heteroatoms. The molecule has 1 heterocycles. The van der Waals surface area contributed by atoms with Crippen LogP contribution in [0.3, 0.4) is 0 Å². The van der Waals surface area contributed by atoms with Crippen LogP contribution in [0.5, 0.6) is 5.75 Å². The van der Waals surface area contributed by atoms with Gasteiger partial charge in [0.1, 0.15) is 5.75 Å². The monoisotopic (exact) mass is 395 g/mol. The molecule has 2 rings (SSSR count). The Hall–Kier alpha value is -0.770. The SMILES string of the molecule is CCCCCCCCCOc1ccc(CC2CN(CC)CCC2O)cc1Cl. The van der Waals surface area contributed by atoms with E-state index in [1.165, 1.54) is 44.1 Å². The first-order valence-corrected chi connectivity index (χ1v) is 11.3. The van der Waals surface area contributed by atoms with Gasteiger partial charge < -0.3 is 14.7 Å². The fourth-order valence-corrected chi connectivity index (χ4v) is 4.17. The second kappa shape index (κ2) is 12.6. The van der Waals surface area contributed by atoms with Crippen LogP contribution >= 0.6 is 11.6 Å². The Labute approximate surface area is 171 Å². The van der Waals surface area contributed by atoms with Gasteiger partial charge in [0, 0.05) is 19.0 Å². The lowest BCUT2D eigenvalue weighted by molar-refractivity contribution is 0.0290. The molecule has 0 bridgehead atoms. The van der Waals surface area contributed by atoms with E-state index >= 15 is 0 Å². The van der Waals surface area contributed by atoms with Gasteiger partial charge >= 0.3 is 0 Å². The Bertz CT molecular complexity index is 537. The first kappa shape index (κ1) is 22.5. The molecule has 0 spiro atoms. The lowest BCUT2D eigenvalue weighted by Gasteiger charge is -2.35. The number of hydrogen-bond acceptors (Lipinski definition) is 3. The summed E-state index contributed by atoms with van der Waals surface area (Å²) in [5.74, 6) is 1.07. The number of ether oxygens (including phenoxy) is 1. The smallest absolute Gasteiger partial charge is 0.137 e. The van der Waals surface area contributed by atoms with Crippen molar-refractivity contribution in [2.75, 3.05) is 26.2 Å². The van der Waals surface area contributed by atoms with Gasteiger partial charge in [0.2, 0.25) is 0 Å². The van der Waals surface area contributed by atoms with Crippen molar-refractivity contribution in [3.05, 3.63) is 28.8 Å². The first-order valence-electron chi connectivity index (χ1n) is 11.0. The zero-order valence-electron chi connectivity index (χ0n) is 17.3. The summed E-state index contributed by atoms with van der Waals surface area (Å²) in [7, 11) is 0. The van der Waals surface area contributed by atoms with Gasteiger partial charge in [-0.2, -0.15) is 0 Å². The van der Waals surface area contributed by atoms with Gasteiger partial charge in [-0.25, -0.2) is 0 Å². The number of aliphatic hydroxyl groups is 1. The van der Waals surface area contributed by atoms with E-state index < -0.39 is 0 Å². The Balaban J connectivity index is 1.73. The Kier molecular flexibility index (Phi) is 10.5. The van der Waals surface area contributed by atoms with Gasteiger partial charge in [-0.05, 0) is 43.5 Å². The average molecular weight is 396 g/mol. The number of unbranched alkanes of at least 4 members (excludes halogenated alkanes) is 6. The zero-order chi connectivity index (χ0) is 19.5. The van der Waals surface area contributed by atoms with Crippen LogP contribution in [0.2, 0.25) is 5.02 Å². The van der Waals surface area contributed by atoms with E-state index in [-0.39, 0.29) is 12.0 Å². The molecule has 0 aliphatic carbocycles. The maximum Gasteiger partial charge on any atom is 0.137 e. The largest absolute Gasteiger partial charge is 0.492 e. The highest BCUT2D eigenvalue weighted by atomic mass is 35.5. The molecule has 27 heavy (non-hydrogen) atoms. The lowest BCUT2D eigenvalue weighted by atomic mass is 9.89. The maximum atomic E-state index is 10.3. The van der Waals surface area contributed by atoms with Crippen LogP contribution in [0.25, 0.3) is 0 Å². The molecular formula is C23H38ClNO2. The second-order valence-corrected chi connectivity index (χ2v) is 8.36. The molecule has 0 saturated carbocycles. The molecule has 1 saturated heterocycles. The molecule has 1 aromatic rings. The summed E-state index contributed by atoms with van der Waals surface area (Å²) in [5.41, 5.74) is 1.19. The van der Waals surface area contributed by atoms with Crippen molar-refractivity contribution in [3.8, 4) is 5.75 Å². The van der Waals surface area contributed by atoms with Crippen molar-refractivity contribution in [1.82, 2.24) is 4.90 Å². The van der Waals surface area contributed by atoms with Crippen LogP contribution < -0.4 is 4.74 Å². The quantitative estimate of drug-likeness (QED) is 0.460. The predicted octanol–water partition coefficient (Wildman–Crippen LogP) is 5.71. The second-order valence-electron chi connectivity index (χ2n) is 7.95. The topological polar surface area (TPSA) is 32.7 Å². The highest BCUT2D eigenvalue weighted by Crippen LogP contribution is 2.28. The fourth-order valence-electron chi connectivity index (χ4n) is 3.92. The third-order valence-electron chi connectivity index (χ3n) is 5.72. The van der Waals surface area contributed by atoms with Crippen LogP contribution in [-0.2, 0) is 6.42 Å². The summed E-state index contributed by atoms with van der Waals surface area (Å²) in [6.07, 6.45) is 10.5. The van der Waals surface area contributed by atoms with E-state index in [1.807, 2.05) is 12.1 Å². The molecule has 1 fully saturated rings. The molecule has 3 nitrogen and oxygen atoms in total. The number of rotatable bonds is 12. The molecular weight excluding hydrogens is 358 g/mol. The molecule has 1 aliphatic heterocycles. The molecule has 0 amide bonds. The molecule has 0 aromatic heterocycles. The highest BCUT2D eigenvalue weighted by molar-refractivity contribution is 6.32. The van der Waals surface area contributed by atoms with Gasteiger partial charge in [0.15, 0.2) is 0 Å². The van der Waals surface area contributed by atoms with E-state index in [4.69, 9.17) is 16.3 Å². The molecule has 1 aliphatic rings. The number of hydrogen-bond donors (Lipinski definition) is 1. The zero-order valence-corrected chi connectivity index (χ0v) is 18.0. The van der Waals surface area contributed by atoms with Gasteiger partial charge in [0.05, 0.1) is 17.7 Å². The first-order chi connectivity index (χ1) is 13.1. The summed E-state index contributed by atoms with van der Waals surface area (Å²) in [4.78, 5) is 2.42. The van der Waals surface area contributed by atoms with Crippen molar-refractivity contribution in [2.24, 2.45) is 5.92 Å². The molecule has 154 valence electrons. The minimum atomic E-state index is -0.208. The average Bonchev–Trinajstić information content (AvgIpc) is 2.67. The van der Waals surface area contributed by atoms with Gasteiger partial charge in [-0.15, -0.1) is 0 Å². The summed E-state index contributed by atoms with van der Waals surface area (Å²) in [6, 6.07) is 6.11. The van der Waals surface area contributed by atoms with Gasteiger partial charge in [0.25, 0.3) is 0 Å². The standard InChI is InChI=1S/C23H38ClNO2/c1-3-5-6-7-8-9-10-15-27-23-12-11-19(17-21(23)24)16-20-18-25(4-2)14-13-22(20)26/h11-12,17,20,22,26H,3-10,13-16,18H2,1-2H3. The molecule has 2 atom stereocenters. The highest BCUT2D eigenvalue weighted by Gasteiger charge is 2.27. The normalized spacial score (nSPS) is 20.7. The number of halogens is 1. The van der Waals surface area contributed by atoms with Gasteiger partial charge in [-0.3, -0.25) is 0 Å². The van der Waals surface area contributed by atoms with Crippen LogP contribution in [0.15, 0.2) is 18.2 Å². The number of piperidine rings is 1. The van der Waals surface area contributed by atoms with E-state index in [9.17, 15) is 5.11 Å². The molecule has 1 N–H and O–H groups in total. The number of aliphatic hydroxyl groups excluding tert-OH is 1. The van der Waals surface area contributed by atoms with E-state index in [0.29, 0.717) is 5.02 Å². The van der Waals surface area contributed by atoms with Crippen LogP contribution in [0, 0.1) is 5.92 Å². The Morgan fingerprint density at radius 2 is 1.85 bits per heavy atom. The summed E-state index contributed by atoms with van der Waals surface area (Å²) < 4.78 is 5.88. The van der Waals surface area contributed by atoms with E-state index in [1.54, 1.807) is 0 Å². The number of nitrogens with zero attached hydrogens (tertiary/aromatic N) is 1. The van der Waals surface area contributed by atoms with E-state index in [0.717, 1.165) is 51.3 Å². The summed E-state index contributed by atoms with van der Waals surface area (Å²) in [6.45, 7) is 8.18. The Morgan fingerprint density at radius 1 is 1.11 bits per heavy atom. The predicted molar refractivity (Wildman–Crippen MR) is 115 cm³/mol. The minimum Gasteiger partial charge on any atom is -0.492 e. The van der Waals surface area contributed by atoms with Crippen molar-refractivity contribution < 1.29 is 9.84 Å². The van der Waals surface area contributed by atoms with Crippen LogP contribution in [0.4, 0.5) is 0 Å². The summed E-state index contributed by atoms with van der Waals surface area (Å²) >= 11 is 6.44. The van der Waals surface area contributed by atoms with Crippen molar-refractivity contribution in [3.63, 3.8) is 0 Å². The number of likely N-dealkylation sites (tertiary alicyclic amines) is 1.